The fourth-order valence-electron chi connectivity index (χ4n) is 2.06. The molecule has 100 valence electrons. The maximum atomic E-state index is 12.0. The van der Waals surface area contributed by atoms with E-state index in [0.29, 0.717) is 12.1 Å². The van der Waals surface area contributed by atoms with Gasteiger partial charge in [0.2, 0.25) is 7.37 Å². The highest BCUT2D eigenvalue weighted by Crippen LogP contribution is 2.43. The lowest BCUT2D eigenvalue weighted by atomic mass is 10.1. The summed E-state index contributed by atoms with van der Waals surface area (Å²) >= 11 is 0. The van der Waals surface area contributed by atoms with Crippen LogP contribution >= 0.6 is 7.37 Å². The van der Waals surface area contributed by atoms with Gasteiger partial charge >= 0.3 is 0 Å². The molecule has 0 bridgehead atoms. The first-order valence-electron chi connectivity index (χ1n) is 6.56. The van der Waals surface area contributed by atoms with Crippen LogP contribution in [-0.4, -0.2) is 17.2 Å². The number of rotatable bonds is 7. The average molecular weight is 266 g/mol. The van der Waals surface area contributed by atoms with E-state index in [-0.39, 0.29) is 6.16 Å². The number of benzene rings is 1. The molecule has 0 aliphatic carbocycles. The van der Waals surface area contributed by atoms with Crippen molar-refractivity contribution in [2.45, 2.75) is 26.7 Å². The van der Waals surface area contributed by atoms with E-state index in [1.807, 2.05) is 49.4 Å². The SMILES string of the molecule is CCCC(C)CP(=O)(O)CC=Cc1ccccc1. The van der Waals surface area contributed by atoms with Crippen LogP contribution in [0, 0.1) is 5.92 Å². The highest BCUT2D eigenvalue weighted by atomic mass is 31.2. The summed E-state index contributed by atoms with van der Waals surface area (Å²) in [6.07, 6.45) is 6.52. The van der Waals surface area contributed by atoms with Crippen LogP contribution in [0.1, 0.15) is 32.3 Å². The lowest BCUT2D eigenvalue weighted by Crippen LogP contribution is -2.03. The molecule has 0 saturated carbocycles. The standard InChI is InChI=1S/C15H23O2P/c1-3-8-14(2)13-18(16,17)12-7-11-15-9-5-4-6-10-15/h4-7,9-11,14H,3,8,12-13H2,1-2H3,(H,16,17). The van der Waals surface area contributed by atoms with E-state index in [1.54, 1.807) is 0 Å². The van der Waals surface area contributed by atoms with Gasteiger partial charge in [-0.2, -0.15) is 0 Å². The highest BCUT2D eigenvalue weighted by Gasteiger charge is 2.19. The maximum Gasteiger partial charge on any atom is 0.204 e. The van der Waals surface area contributed by atoms with E-state index in [1.165, 1.54) is 0 Å². The van der Waals surface area contributed by atoms with Gasteiger partial charge in [-0.25, -0.2) is 0 Å². The van der Waals surface area contributed by atoms with Crippen LogP contribution in [0.15, 0.2) is 36.4 Å². The summed E-state index contributed by atoms with van der Waals surface area (Å²) in [5, 5.41) is 0. The van der Waals surface area contributed by atoms with Crippen molar-refractivity contribution in [2.24, 2.45) is 5.92 Å². The van der Waals surface area contributed by atoms with Crippen LogP contribution < -0.4 is 0 Å². The molecule has 18 heavy (non-hydrogen) atoms. The van der Waals surface area contributed by atoms with Crippen molar-refractivity contribution < 1.29 is 9.46 Å². The van der Waals surface area contributed by atoms with Crippen molar-refractivity contribution in [3.05, 3.63) is 42.0 Å². The van der Waals surface area contributed by atoms with Gasteiger partial charge in [-0.05, 0) is 11.5 Å². The Morgan fingerprint density at radius 1 is 1.33 bits per heavy atom. The average Bonchev–Trinajstić information content (AvgIpc) is 2.29. The predicted molar refractivity (Wildman–Crippen MR) is 79.1 cm³/mol. The first-order chi connectivity index (χ1) is 8.53. The minimum absolute atomic E-state index is 0.274. The van der Waals surface area contributed by atoms with Gasteiger partial charge in [0.15, 0.2) is 0 Å². The molecule has 1 aromatic rings. The maximum absolute atomic E-state index is 12.0. The molecule has 0 saturated heterocycles. The van der Waals surface area contributed by atoms with Gasteiger partial charge in [0, 0.05) is 12.3 Å². The molecule has 0 radical (unpaired) electrons. The molecule has 2 nitrogen and oxygen atoms in total. The quantitative estimate of drug-likeness (QED) is 0.742. The van der Waals surface area contributed by atoms with E-state index >= 15 is 0 Å². The first kappa shape index (κ1) is 15.2. The van der Waals surface area contributed by atoms with Crippen molar-refractivity contribution in [3.63, 3.8) is 0 Å². The molecule has 1 aromatic carbocycles. The fourth-order valence-corrected chi connectivity index (χ4v) is 3.80. The second kappa shape index (κ2) is 7.56. The molecule has 0 aliphatic heterocycles. The third kappa shape index (κ3) is 6.18. The zero-order valence-corrected chi connectivity index (χ0v) is 12.1. The summed E-state index contributed by atoms with van der Waals surface area (Å²) < 4.78 is 12.0. The summed E-state index contributed by atoms with van der Waals surface area (Å²) in [7, 11) is -3.00. The van der Waals surface area contributed by atoms with Gasteiger partial charge in [0.25, 0.3) is 0 Å². The molecule has 0 fully saturated rings. The normalized spacial score (nSPS) is 16.6. The molecular weight excluding hydrogens is 243 g/mol. The van der Waals surface area contributed by atoms with Crippen LogP contribution in [0.25, 0.3) is 6.08 Å². The third-order valence-electron chi connectivity index (χ3n) is 2.88. The molecule has 3 heteroatoms. The minimum atomic E-state index is -3.00. The van der Waals surface area contributed by atoms with Crippen LogP contribution in [0.5, 0.6) is 0 Å². The number of hydrogen-bond acceptors (Lipinski definition) is 1. The van der Waals surface area contributed by atoms with E-state index in [2.05, 4.69) is 6.92 Å². The molecule has 0 aromatic heterocycles. The molecule has 1 N–H and O–H groups in total. The monoisotopic (exact) mass is 266 g/mol. The predicted octanol–water partition coefficient (Wildman–Crippen LogP) is 4.41. The number of hydrogen-bond donors (Lipinski definition) is 1. The lowest BCUT2D eigenvalue weighted by Gasteiger charge is -2.14. The van der Waals surface area contributed by atoms with Crippen LogP contribution in [0.4, 0.5) is 0 Å². The zero-order chi connectivity index (χ0) is 13.4. The van der Waals surface area contributed by atoms with E-state index in [4.69, 9.17) is 0 Å². The Bertz CT molecular complexity index is 412. The van der Waals surface area contributed by atoms with E-state index in [0.717, 1.165) is 18.4 Å². The Balaban J connectivity index is 2.46. The van der Waals surface area contributed by atoms with Gasteiger partial charge in [-0.1, -0.05) is 69.2 Å². The van der Waals surface area contributed by atoms with Gasteiger partial charge < -0.3 is 4.89 Å². The Kier molecular flexibility index (Phi) is 6.38. The smallest absolute Gasteiger partial charge is 0.204 e. The van der Waals surface area contributed by atoms with Gasteiger partial charge in [-0.3, -0.25) is 4.57 Å². The molecule has 0 heterocycles. The second-order valence-corrected chi connectivity index (χ2v) is 7.34. The Labute approximate surface area is 110 Å². The fraction of sp³-hybridized carbons (Fsp3) is 0.467. The van der Waals surface area contributed by atoms with Crippen LogP contribution in [-0.2, 0) is 4.57 Å². The van der Waals surface area contributed by atoms with Crippen molar-refractivity contribution in [3.8, 4) is 0 Å². The molecular formula is C15H23O2P. The zero-order valence-electron chi connectivity index (χ0n) is 11.2. The molecule has 2 unspecified atom stereocenters. The summed E-state index contributed by atoms with van der Waals surface area (Å²) in [6.45, 7) is 4.15. The lowest BCUT2D eigenvalue weighted by molar-refractivity contribution is 0.461. The third-order valence-corrected chi connectivity index (χ3v) is 4.85. The van der Waals surface area contributed by atoms with Crippen molar-refractivity contribution in [2.75, 3.05) is 12.3 Å². The van der Waals surface area contributed by atoms with Crippen molar-refractivity contribution in [1.29, 1.82) is 0 Å². The van der Waals surface area contributed by atoms with Crippen LogP contribution in [0.3, 0.4) is 0 Å². The van der Waals surface area contributed by atoms with Gasteiger partial charge in [-0.15, -0.1) is 0 Å². The second-order valence-electron chi connectivity index (χ2n) is 4.92. The van der Waals surface area contributed by atoms with E-state index < -0.39 is 7.37 Å². The van der Waals surface area contributed by atoms with E-state index in [9.17, 15) is 9.46 Å². The van der Waals surface area contributed by atoms with Crippen LogP contribution in [0.2, 0.25) is 0 Å². The molecule has 0 aliphatic rings. The van der Waals surface area contributed by atoms with Crippen molar-refractivity contribution in [1.82, 2.24) is 0 Å². The Morgan fingerprint density at radius 3 is 2.61 bits per heavy atom. The topological polar surface area (TPSA) is 37.3 Å². The van der Waals surface area contributed by atoms with Gasteiger partial charge in [0.05, 0.1) is 0 Å². The Morgan fingerprint density at radius 2 is 2.00 bits per heavy atom. The first-order valence-corrected chi connectivity index (χ1v) is 8.59. The van der Waals surface area contributed by atoms with Gasteiger partial charge in [0.1, 0.15) is 0 Å². The highest BCUT2D eigenvalue weighted by molar-refractivity contribution is 7.58. The largest absolute Gasteiger partial charge is 0.344 e. The summed E-state index contributed by atoms with van der Waals surface area (Å²) in [4.78, 5) is 9.89. The Hall–Kier alpha value is -0.850. The number of allylic oxidation sites excluding steroid dienone is 1. The summed E-state index contributed by atoms with van der Waals surface area (Å²) in [6, 6.07) is 9.85. The van der Waals surface area contributed by atoms with Crippen molar-refractivity contribution >= 4 is 13.4 Å². The summed E-state index contributed by atoms with van der Waals surface area (Å²) in [5.41, 5.74) is 1.07. The molecule has 2 atom stereocenters. The molecule has 0 spiro atoms. The molecule has 0 amide bonds. The molecule has 1 rings (SSSR count). The minimum Gasteiger partial charge on any atom is -0.344 e. The summed E-state index contributed by atoms with van der Waals surface area (Å²) in [5.74, 6) is 0.330.